The van der Waals surface area contributed by atoms with Gasteiger partial charge in [0.15, 0.2) is 18.1 Å². The first-order valence-electron chi connectivity index (χ1n) is 13.0. The second-order valence-electron chi connectivity index (χ2n) is 9.59. The maximum Gasteiger partial charge on any atom is 0.303 e. The highest BCUT2D eigenvalue weighted by atomic mass is 19.1. The number of halogens is 1. The molecule has 0 heterocycles. The fraction of sp³-hybridized carbons (Fsp3) is 0.708. The van der Waals surface area contributed by atoms with Crippen molar-refractivity contribution >= 4 is 17.5 Å². The van der Waals surface area contributed by atoms with E-state index in [0.717, 1.165) is 19.1 Å². The predicted octanol–water partition coefficient (Wildman–Crippen LogP) is 2.47. The average Bonchev–Trinajstić information content (AvgIpc) is 2.99. The van der Waals surface area contributed by atoms with E-state index in [0.29, 0.717) is 0 Å². The Hall–Kier alpha value is -1.86. The van der Waals surface area contributed by atoms with E-state index in [1.165, 1.54) is 20.8 Å². The Kier molecular flexibility index (Phi) is 3.68. The topological polar surface area (TPSA) is 101 Å². The number of allylic oxidation sites excluding steroid dienone is 4. The number of Topliss-reactive ketones (excluding diaryl/α,β-unsaturated/α-hetero) is 1. The van der Waals surface area contributed by atoms with Crippen LogP contribution in [-0.4, -0.2) is 51.7 Å². The van der Waals surface area contributed by atoms with Crippen molar-refractivity contribution in [3.63, 3.8) is 0 Å². The number of carbonyl (C=O) groups excluding carboxylic acids is 3. The standard InChI is InChI=1S/C24H31FO6/c1-13-9-18-17-6-5-15-10-16(27)7-8-21(15,3)23(17,25)19(28)11-22(18,4)24(13,30)20(29)12-31-14(2)26/h7-8,10,13,17-19,28,30H,5-6,9,11-12H2,1-4H3/t13-,17-,18-,19-,21-,22-,23-,24-/m0/s1/i5D,10D,11D2,19D/t5?,13-,17-,18-,19-,21-,22-,23-,24-. The van der Waals surface area contributed by atoms with E-state index in [2.05, 4.69) is 0 Å². The molecule has 0 bridgehead atoms. The van der Waals surface area contributed by atoms with Crippen LogP contribution in [0.15, 0.2) is 23.8 Å². The van der Waals surface area contributed by atoms with Gasteiger partial charge in [-0.1, -0.05) is 25.5 Å². The third-order valence-corrected chi connectivity index (χ3v) is 8.12. The van der Waals surface area contributed by atoms with Crippen molar-refractivity contribution < 1.29 is 40.6 Å². The van der Waals surface area contributed by atoms with E-state index in [9.17, 15) is 24.6 Å². The number of ether oxygens (including phenoxy) is 1. The summed E-state index contributed by atoms with van der Waals surface area (Å²) in [6.45, 7) is 4.13. The van der Waals surface area contributed by atoms with E-state index < -0.39 is 88.9 Å². The maximum absolute atomic E-state index is 17.7. The number of aliphatic hydroxyl groups is 2. The molecule has 9 atom stereocenters. The van der Waals surface area contributed by atoms with Crippen LogP contribution in [0.2, 0.25) is 0 Å². The molecule has 4 aliphatic carbocycles. The molecule has 0 aromatic rings. The van der Waals surface area contributed by atoms with E-state index in [1.807, 2.05) is 0 Å². The summed E-state index contributed by atoms with van der Waals surface area (Å²) in [4.78, 5) is 36.8. The first kappa shape index (κ1) is 16.7. The molecular weight excluding hydrogens is 403 g/mol. The van der Waals surface area contributed by atoms with Gasteiger partial charge >= 0.3 is 5.97 Å². The minimum Gasteiger partial charge on any atom is -0.458 e. The second-order valence-corrected chi connectivity index (χ2v) is 9.59. The Morgan fingerprint density at radius 3 is 2.74 bits per heavy atom. The molecule has 0 spiro atoms. The van der Waals surface area contributed by atoms with Crippen molar-refractivity contribution in [3.8, 4) is 0 Å². The summed E-state index contributed by atoms with van der Waals surface area (Å²) in [5, 5.41) is 23.4. The Labute approximate surface area is 188 Å². The van der Waals surface area contributed by atoms with Gasteiger partial charge in [0.2, 0.25) is 5.78 Å². The third-order valence-electron chi connectivity index (χ3n) is 8.12. The molecule has 0 saturated heterocycles. The summed E-state index contributed by atoms with van der Waals surface area (Å²) >= 11 is 0. The van der Waals surface area contributed by atoms with Crippen molar-refractivity contribution in [2.45, 2.75) is 70.7 Å². The monoisotopic (exact) mass is 439 g/mol. The number of hydrogen-bond acceptors (Lipinski definition) is 6. The number of esters is 1. The van der Waals surface area contributed by atoms with Gasteiger partial charge in [-0.05, 0) is 56.5 Å². The molecule has 4 aliphatic rings. The molecular formula is C24H31FO6. The number of fused-ring (bicyclic) bond motifs is 5. The molecule has 4 rings (SSSR count). The Morgan fingerprint density at radius 1 is 1.42 bits per heavy atom. The lowest BCUT2D eigenvalue weighted by Gasteiger charge is -2.62. The highest BCUT2D eigenvalue weighted by Gasteiger charge is 2.75. The fourth-order valence-corrected chi connectivity index (χ4v) is 6.39. The zero-order chi connectivity index (χ0) is 27.4. The lowest BCUT2D eigenvalue weighted by Crippen LogP contribution is -2.69. The Balaban J connectivity index is 1.98. The van der Waals surface area contributed by atoms with Crippen molar-refractivity contribution in [1.82, 2.24) is 0 Å². The van der Waals surface area contributed by atoms with Gasteiger partial charge in [0.05, 0.1) is 8.82 Å². The van der Waals surface area contributed by atoms with Crippen molar-refractivity contribution in [3.05, 3.63) is 23.8 Å². The number of alkyl halides is 1. The number of carbonyl (C=O) groups is 3. The molecule has 2 N–H and O–H groups in total. The zero-order valence-electron chi connectivity index (χ0n) is 23.0. The first-order valence-corrected chi connectivity index (χ1v) is 10.5. The summed E-state index contributed by atoms with van der Waals surface area (Å²) in [7, 11) is 0. The number of hydrogen-bond donors (Lipinski definition) is 2. The van der Waals surface area contributed by atoms with Gasteiger partial charge in [-0.15, -0.1) is 0 Å². The Bertz CT molecular complexity index is 1120. The molecule has 0 aromatic heterocycles. The SMILES string of the molecule is [2H]C1=C2C([2H])C[C@H]3[C@@H]4C[C@H](C)[C@](O)(C(=O)COC(C)=O)[C@@]4(C)C([2H])([2H])[C@]([2H])(O)[C@]3(F)[C@@]2(C)C=CC1=O. The fourth-order valence-electron chi connectivity index (χ4n) is 6.39. The average molecular weight is 440 g/mol. The third kappa shape index (κ3) is 2.65. The van der Waals surface area contributed by atoms with Gasteiger partial charge in [0.1, 0.15) is 5.60 Å². The van der Waals surface area contributed by atoms with Gasteiger partial charge in [0, 0.05) is 27.8 Å². The second kappa shape index (κ2) is 6.82. The summed E-state index contributed by atoms with van der Waals surface area (Å²) in [5.41, 5.74) is -10.1. The molecule has 3 fully saturated rings. The molecule has 6 nitrogen and oxygen atoms in total. The number of rotatable bonds is 3. The molecule has 31 heavy (non-hydrogen) atoms. The van der Waals surface area contributed by atoms with Crippen LogP contribution >= 0.6 is 0 Å². The highest BCUT2D eigenvalue weighted by molar-refractivity contribution is 6.01. The highest BCUT2D eigenvalue weighted by Crippen LogP contribution is 2.70. The van der Waals surface area contributed by atoms with Crippen LogP contribution in [-0.2, 0) is 19.1 Å². The molecule has 0 aromatic carbocycles. The van der Waals surface area contributed by atoms with Crippen LogP contribution in [0, 0.1) is 28.6 Å². The summed E-state index contributed by atoms with van der Waals surface area (Å²) in [6.07, 6.45) is -6.48. The lowest BCUT2D eigenvalue weighted by molar-refractivity contribution is -0.219. The zero-order valence-corrected chi connectivity index (χ0v) is 18.0. The normalized spacial score (nSPS) is 57.4. The molecule has 0 radical (unpaired) electrons. The largest absolute Gasteiger partial charge is 0.458 e. The molecule has 7 heteroatoms. The van der Waals surface area contributed by atoms with Gasteiger partial charge in [-0.2, -0.15) is 0 Å². The van der Waals surface area contributed by atoms with Gasteiger partial charge in [0.25, 0.3) is 0 Å². The minimum absolute atomic E-state index is 0.0665. The molecule has 0 amide bonds. The van der Waals surface area contributed by atoms with Crippen LogP contribution in [0.25, 0.3) is 0 Å². The van der Waals surface area contributed by atoms with Gasteiger partial charge in [-0.3, -0.25) is 14.4 Å². The Morgan fingerprint density at radius 2 is 2.10 bits per heavy atom. The maximum atomic E-state index is 17.7. The van der Waals surface area contributed by atoms with Crippen LogP contribution in [0.3, 0.4) is 0 Å². The van der Waals surface area contributed by atoms with Gasteiger partial charge < -0.3 is 14.9 Å². The quantitative estimate of drug-likeness (QED) is 0.655. The van der Waals surface area contributed by atoms with Crippen LogP contribution < -0.4 is 0 Å². The smallest absolute Gasteiger partial charge is 0.303 e. The molecule has 170 valence electrons. The van der Waals surface area contributed by atoms with Crippen molar-refractivity contribution in [2.24, 2.45) is 28.6 Å². The van der Waals surface area contributed by atoms with E-state index in [4.69, 9.17) is 11.6 Å². The molecule has 0 aliphatic heterocycles. The predicted molar refractivity (Wildman–Crippen MR) is 109 cm³/mol. The summed E-state index contributed by atoms with van der Waals surface area (Å²) in [5.74, 6) is -6.04. The van der Waals surface area contributed by atoms with E-state index >= 15 is 4.39 Å². The molecule has 3 saturated carbocycles. The first-order chi connectivity index (χ1) is 16.3. The van der Waals surface area contributed by atoms with E-state index in [1.54, 1.807) is 0 Å². The van der Waals surface area contributed by atoms with Crippen LogP contribution in [0.5, 0.6) is 0 Å². The molecule has 1 unspecified atom stereocenters. The van der Waals surface area contributed by atoms with E-state index in [-0.39, 0.29) is 18.4 Å². The minimum atomic E-state index is -3.58. The van der Waals surface area contributed by atoms with Crippen molar-refractivity contribution in [2.75, 3.05) is 6.61 Å². The van der Waals surface area contributed by atoms with Crippen LogP contribution in [0.4, 0.5) is 4.39 Å². The van der Waals surface area contributed by atoms with Crippen molar-refractivity contribution in [1.29, 1.82) is 0 Å². The van der Waals surface area contributed by atoms with Gasteiger partial charge in [-0.25, -0.2) is 4.39 Å². The lowest BCUT2D eigenvalue weighted by atomic mass is 9.44. The number of ketones is 2. The van der Waals surface area contributed by atoms with Crippen LogP contribution in [0.1, 0.15) is 60.2 Å². The summed E-state index contributed by atoms with van der Waals surface area (Å²) < 4.78 is 66.1. The summed E-state index contributed by atoms with van der Waals surface area (Å²) in [6, 6.07) is -0.618.